The Balaban J connectivity index is 1.39. The molecular formula is C24H21F2N7O. The van der Waals surface area contributed by atoms with Crippen LogP contribution in [0.15, 0.2) is 47.7 Å². The summed E-state index contributed by atoms with van der Waals surface area (Å²) >= 11 is 0. The van der Waals surface area contributed by atoms with Crippen LogP contribution < -0.4 is 4.90 Å². The number of fused-ring (bicyclic) bond motifs is 2. The molecule has 0 atom stereocenters. The van der Waals surface area contributed by atoms with Crippen LogP contribution in [-0.2, 0) is 0 Å². The second-order valence-corrected chi connectivity index (χ2v) is 8.58. The number of nitrogens with one attached hydrogen (secondary N) is 1. The Morgan fingerprint density at radius 2 is 1.85 bits per heavy atom. The summed E-state index contributed by atoms with van der Waals surface area (Å²) < 4.78 is 26.6. The molecule has 0 aliphatic carbocycles. The van der Waals surface area contributed by atoms with Gasteiger partial charge >= 0.3 is 6.55 Å². The minimum atomic E-state index is -2.73. The number of benzene rings is 2. The van der Waals surface area contributed by atoms with E-state index in [0.29, 0.717) is 38.3 Å². The highest BCUT2D eigenvalue weighted by Crippen LogP contribution is 2.36. The van der Waals surface area contributed by atoms with E-state index in [1.807, 2.05) is 6.07 Å². The van der Waals surface area contributed by atoms with Gasteiger partial charge in [0.25, 0.3) is 5.91 Å². The summed E-state index contributed by atoms with van der Waals surface area (Å²) in [5, 5.41) is 3.71. The van der Waals surface area contributed by atoms with E-state index in [1.165, 1.54) is 18.6 Å². The van der Waals surface area contributed by atoms with Crippen LogP contribution in [0.25, 0.3) is 33.5 Å². The molecule has 0 bridgehead atoms. The third kappa shape index (κ3) is 3.38. The number of amides is 1. The highest BCUT2D eigenvalue weighted by Gasteiger charge is 2.26. The number of nitrogens with zero attached hydrogens (tertiary/aromatic N) is 6. The Kier molecular flexibility index (Phi) is 4.77. The monoisotopic (exact) mass is 461 g/mol. The fourth-order valence-corrected chi connectivity index (χ4v) is 4.59. The van der Waals surface area contributed by atoms with Crippen molar-refractivity contribution in [3.8, 4) is 22.5 Å². The Hall–Kier alpha value is -3.92. The molecule has 1 saturated heterocycles. The number of halogens is 2. The minimum Gasteiger partial charge on any atom is -0.369 e. The first-order valence-corrected chi connectivity index (χ1v) is 11.0. The number of hydrogen-bond acceptors (Lipinski definition) is 5. The van der Waals surface area contributed by atoms with Crippen molar-refractivity contribution < 1.29 is 13.6 Å². The van der Waals surface area contributed by atoms with Crippen LogP contribution in [0, 0.1) is 0 Å². The van der Waals surface area contributed by atoms with Crippen molar-refractivity contribution in [1.29, 1.82) is 0 Å². The van der Waals surface area contributed by atoms with Crippen LogP contribution in [0.4, 0.5) is 14.5 Å². The number of H-pyrrole nitrogens is 1. The van der Waals surface area contributed by atoms with E-state index in [2.05, 4.69) is 44.1 Å². The quantitative estimate of drug-likeness (QED) is 0.500. The van der Waals surface area contributed by atoms with Gasteiger partial charge < -0.3 is 14.8 Å². The van der Waals surface area contributed by atoms with Gasteiger partial charge in [-0.05, 0) is 36.9 Å². The fourth-order valence-electron chi connectivity index (χ4n) is 4.59. The molecule has 8 nitrogen and oxygen atoms in total. The van der Waals surface area contributed by atoms with Gasteiger partial charge in [-0.3, -0.25) is 4.79 Å². The minimum absolute atomic E-state index is 0.383. The first-order chi connectivity index (χ1) is 16.5. The van der Waals surface area contributed by atoms with Crippen LogP contribution in [0.5, 0.6) is 0 Å². The van der Waals surface area contributed by atoms with E-state index in [0.717, 1.165) is 42.9 Å². The van der Waals surface area contributed by atoms with Gasteiger partial charge in [-0.15, -0.1) is 0 Å². The summed E-state index contributed by atoms with van der Waals surface area (Å²) in [5.74, 6) is 0.183. The lowest BCUT2D eigenvalue weighted by atomic mass is 9.94. The molecule has 34 heavy (non-hydrogen) atoms. The van der Waals surface area contributed by atoms with Crippen molar-refractivity contribution >= 4 is 28.8 Å². The normalized spacial score (nSPS) is 16.2. The maximum Gasteiger partial charge on any atom is 0.333 e. The molecule has 1 fully saturated rings. The Morgan fingerprint density at radius 1 is 1.06 bits per heavy atom. The number of hydrogen-bond donors (Lipinski definition) is 1. The Bertz CT molecular complexity index is 1450. The first-order valence-electron chi connectivity index (χ1n) is 11.0. The average Bonchev–Trinajstić information content (AvgIpc) is 3.57. The van der Waals surface area contributed by atoms with E-state index in [4.69, 9.17) is 4.98 Å². The lowest BCUT2D eigenvalue weighted by Gasteiger charge is -2.34. The maximum absolute atomic E-state index is 13.0. The molecule has 2 aromatic carbocycles. The molecular weight excluding hydrogens is 440 g/mol. The Labute approximate surface area is 193 Å². The van der Waals surface area contributed by atoms with Crippen molar-refractivity contribution in [2.45, 2.75) is 6.55 Å². The van der Waals surface area contributed by atoms with Gasteiger partial charge in [0.2, 0.25) is 0 Å². The van der Waals surface area contributed by atoms with Gasteiger partial charge in [0.15, 0.2) is 0 Å². The summed E-state index contributed by atoms with van der Waals surface area (Å²) in [5.41, 5.74) is 5.53. The second-order valence-electron chi connectivity index (χ2n) is 8.58. The molecule has 0 radical (unpaired) electrons. The predicted octanol–water partition coefficient (Wildman–Crippen LogP) is 3.81. The van der Waals surface area contributed by atoms with Crippen LogP contribution in [0.1, 0.15) is 22.5 Å². The highest BCUT2D eigenvalue weighted by atomic mass is 19.3. The number of likely N-dealkylation sites (N-methyl/N-ethyl adjacent to an activating group) is 1. The van der Waals surface area contributed by atoms with E-state index >= 15 is 0 Å². The zero-order valence-corrected chi connectivity index (χ0v) is 18.4. The average molecular weight is 461 g/mol. The SMILES string of the molecule is CN1CCN(c2ccc3nc(-c4ccc(-c5cnn(C(F)F)c5)c5c4C(=O)N=C5)[nH]c3c2)CC1. The summed E-state index contributed by atoms with van der Waals surface area (Å²) in [6, 6.07) is 9.70. The molecule has 10 heteroatoms. The number of aliphatic imine (C=N–C) groups is 1. The molecule has 0 unspecified atom stereocenters. The molecule has 2 aliphatic rings. The third-order valence-electron chi connectivity index (χ3n) is 6.47. The highest BCUT2D eigenvalue weighted by molar-refractivity contribution is 6.19. The van der Waals surface area contributed by atoms with Crippen LogP contribution in [0.3, 0.4) is 0 Å². The second kappa shape index (κ2) is 7.84. The lowest BCUT2D eigenvalue weighted by Crippen LogP contribution is -2.44. The number of anilines is 1. The molecule has 4 heterocycles. The molecule has 6 rings (SSSR count). The lowest BCUT2D eigenvalue weighted by molar-refractivity contribution is 0.0566. The van der Waals surface area contributed by atoms with Crippen LogP contribution >= 0.6 is 0 Å². The van der Waals surface area contributed by atoms with E-state index < -0.39 is 6.55 Å². The summed E-state index contributed by atoms with van der Waals surface area (Å²) in [6.07, 6.45) is 4.10. The van der Waals surface area contributed by atoms with Gasteiger partial charge in [0.05, 0.1) is 22.8 Å². The molecule has 2 aliphatic heterocycles. The van der Waals surface area contributed by atoms with E-state index in [1.54, 1.807) is 12.1 Å². The molecule has 172 valence electrons. The predicted molar refractivity (Wildman–Crippen MR) is 126 cm³/mol. The van der Waals surface area contributed by atoms with Crippen molar-refractivity contribution in [3.05, 3.63) is 53.9 Å². The van der Waals surface area contributed by atoms with Gasteiger partial charge in [0.1, 0.15) is 5.82 Å². The fraction of sp³-hybridized carbons (Fsp3) is 0.250. The first kappa shape index (κ1) is 20.7. The van der Waals surface area contributed by atoms with Gasteiger partial charge in [0, 0.05) is 61.0 Å². The smallest absolute Gasteiger partial charge is 0.333 e. The van der Waals surface area contributed by atoms with Crippen molar-refractivity contribution in [2.75, 3.05) is 38.1 Å². The maximum atomic E-state index is 13.0. The molecule has 1 N–H and O–H groups in total. The summed E-state index contributed by atoms with van der Waals surface area (Å²) in [6.45, 7) is 1.23. The van der Waals surface area contributed by atoms with Gasteiger partial charge in [-0.2, -0.15) is 13.9 Å². The van der Waals surface area contributed by atoms with Crippen molar-refractivity contribution in [2.24, 2.45) is 4.99 Å². The zero-order valence-electron chi connectivity index (χ0n) is 18.4. The number of piperazine rings is 1. The van der Waals surface area contributed by atoms with Crippen molar-refractivity contribution in [3.63, 3.8) is 0 Å². The van der Waals surface area contributed by atoms with E-state index in [-0.39, 0.29) is 5.91 Å². The number of imidazole rings is 1. The third-order valence-corrected chi connectivity index (χ3v) is 6.47. The largest absolute Gasteiger partial charge is 0.369 e. The molecule has 1 amide bonds. The van der Waals surface area contributed by atoms with E-state index in [9.17, 15) is 13.6 Å². The molecule has 0 spiro atoms. The van der Waals surface area contributed by atoms with Crippen LogP contribution in [-0.4, -0.2) is 70.0 Å². The number of carbonyl (C=O) groups excluding carboxylic acids is 1. The number of alkyl halides is 2. The van der Waals surface area contributed by atoms with Gasteiger partial charge in [-0.25, -0.2) is 14.7 Å². The number of rotatable bonds is 4. The summed E-state index contributed by atoms with van der Waals surface area (Å²) in [7, 11) is 2.13. The van der Waals surface area contributed by atoms with Gasteiger partial charge in [-0.1, -0.05) is 6.07 Å². The molecule has 4 aromatic rings. The zero-order chi connectivity index (χ0) is 23.4. The summed E-state index contributed by atoms with van der Waals surface area (Å²) in [4.78, 5) is 29.4. The number of aromatic amines is 1. The van der Waals surface area contributed by atoms with Crippen molar-refractivity contribution in [1.82, 2.24) is 24.6 Å². The standard InChI is InChI=1S/C24H21F2N7O/c1-31-6-8-32(9-7-31)15-2-5-19-20(10-15)30-22(29-19)17-4-3-16(18-12-27-23(34)21(17)18)14-11-28-33(13-14)24(25)26/h2-5,10-13,24H,6-9H2,1H3,(H,29,30). The molecule has 0 saturated carbocycles. The topological polar surface area (TPSA) is 82.4 Å². The van der Waals surface area contributed by atoms with Crippen LogP contribution in [0.2, 0.25) is 0 Å². The molecule has 2 aromatic heterocycles. The number of aromatic nitrogens is 4. The Morgan fingerprint density at radius 3 is 2.62 bits per heavy atom. The number of carbonyl (C=O) groups is 1.